The van der Waals surface area contributed by atoms with E-state index in [1.54, 1.807) is 50.4 Å². The molecule has 2 aromatic heterocycles. The summed E-state index contributed by atoms with van der Waals surface area (Å²) in [6.07, 6.45) is 1.54. The zero-order valence-corrected chi connectivity index (χ0v) is 21.5. The third-order valence-electron chi connectivity index (χ3n) is 6.36. The number of amides is 2. The molecule has 0 saturated carbocycles. The second-order valence-corrected chi connectivity index (χ2v) is 10.3. The lowest BCUT2D eigenvalue weighted by atomic mass is 9.80. The van der Waals surface area contributed by atoms with Crippen LogP contribution in [0.5, 0.6) is 0 Å². The van der Waals surface area contributed by atoms with Gasteiger partial charge in [-0.05, 0) is 44.5 Å². The van der Waals surface area contributed by atoms with Crippen molar-refractivity contribution in [3.63, 3.8) is 0 Å². The topological polar surface area (TPSA) is 102 Å². The number of imidazole rings is 1. The smallest absolute Gasteiger partial charge is 0.407 e. The van der Waals surface area contributed by atoms with Crippen LogP contribution in [0.4, 0.5) is 18.0 Å². The van der Waals surface area contributed by atoms with Crippen molar-refractivity contribution in [2.75, 3.05) is 6.54 Å². The number of Topliss-reactive ketones (excluding diaryl/α,β-unsaturated/α-hetero) is 1. The Bertz CT molecular complexity index is 1410. The van der Waals surface area contributed by atoms with E-state index in [1.807, 2.05) is 0 Å². The summed E-state index contributed by atoms with van der Waals surface area (Å²) >= 11 is 0. The summed E-state index contributed by atoms with van der Waals surface area (Å²) in [5.41, 5.74) is 1.15. The van der Waals surface area contributed by atoms with Crippen LogP contribution in [0.25, 0.3) is 5.65 Å². The number of ketones is 1. The van der Waals surface area contributed by atoms with Gasteiger partial charge in [0.05, 0.1) is 12.2 Å². The lowest BCUT2D eigenvalue weighted by molar-refractivity contribution is -0.117. The number of nitrogens with one attached hydrogen (secondary N) is 2. The number of halogens is 3. The van der Waals surface area contributed by atoms with Crippen LogP contribution in [0.15, 0.2) is 30.5 Å². The van der Waals surface area contributed by atoms with Gasteiger partial charge in [0.25, 0.3) is 5.91 Å². The van der Waals surface area contributed by atoms with E-state index >= 15 is 0 Å². The number of hydrogen-bond donors (Lipinski definition) is 2. The molecule has 8 nitrogen and oxygen atoms in total. The second kappa shape index (κ2) is 10.5. The number of carbonyl (C=O) groups excluding carboxylic acids is 3. The molecule has 202 valence electrons. The van der Waals surface area contributed by atoms with Crippen LogP contribution in [0.1, 0.15) is 67.3 Å². The second-order valence-electron chi connectivity index (χ2n) is 10.3. The van der Waals surface area contributed by atoms with Gasteiger partial charge in [0.1, 0.15) is 17.1 Å². The first-order chi connectivity index (χ1) is 17.9. The van der Waals surface area contributed by atoms with E-state index < -0.39 is 47.0 Å². The fourth-order valence-electron chi connectivity index (χ4n) is 4.53. The molecule has 2 amide bonds. The summed E-state index contributed by atoms with van der Waals surface area (Å²) < 4.78 is 49.7. The first-order valence-corrected chi connectivity index (χ1v) is 12.3. The Labute approximate surface area is 217 Å². The first kappa shape index (κ1) is 27.2. The van der Waals surface area contributed by atoms with Gasteiger partial charge in [-0.15, -0.1) is 0 Å². The number of alkyl carbamates (subject to hydrolysis) is 1. The molecule has 1 aliphatic rings. The maximum Gasteiger partial charge on any atom is 0.407 e. The van der Waals surface area contributed by atoms with Crippen molar-refractivity contribution in [3.8, 4) is 0 Å². The van der Waals surface area contributed by atoms with Crippen molar-refractivity contribution < 1.29 is 32.3 Å². The average molecular weight is 531 g/mol. The van der Waals surface area contributed by atoms with Crippen LogP contribution in [0.3, 0.4) is 0 Å². The highest BCUT2D eigenvalue weighted by atomic mass is 19.2. The number of aromatic nitrogens is 2. The highest BCUT2D eigenvalue weighted by molar-refractivity contribution is 5.97. The molecule has 0 bridgehead atoms. The van der Waals surface area contributed by atoms with Gasteiger partial charge in [0, 0.05) is 54.7 Å². The summed E-state index contributed by atoms with van der Waals surface area (Å²) in [5.74, 6) is -4.74. The molecule has 2 heterocycles. The van der Waals surface area contributed by atoms with Gasteiger partial charge in [0.2, 0.25) is 0 Å². The molecule has 0 unspecified atom stereocenters. The van der Waals surface area contributed by atoms with E-state index in [0.29, 0.717) is 35.1 Å². The Morgan fingerprint density at radius 1 is 1.08 bits per heavy atom. The fourth-order valence-corrected chi connectivity index (χ4v) is 4.53. The number of pyridine rings is 1. The third kappa shape index (κ3) is 5.81. The quantitative estimate of drug-likeness (QED) is 0.465. The zero-order valence-electron chi connectivity index (χ0n) is 21.5. The molecule has 0 fully saturated rings. The summed E-state index contributed by atoms with van der Waals surface area (Å²) in [6, 6.07) is 3.72. The largest absolute Gasteiger partial charge is 0.444 e. The predicted octanol–water partition coefficient (Wildman–Crippen LogP) is 4.24. The van der Waals surface area contributed by atoms with E-state index in [2.05, 4.69) is 15.6 Å². The summed E-state index contributed by atoms with van der Waals surface area (Å²) in [7, 11) is 0. The number of ether oxygens (including phenoxy) is 1. The molecule has 3 aromatic rings. The highest BCUT2D eigenvalue weighted by Gasteiger charge is 2.36. The monoisotopic (exact) mass is 530 g/mol. The summed E-state index contributed by atoms with van der Waals surface area (Å²) in [5, 5.41) is 5.34. The number of nitrogens with zero attached hydrogens (tertiary/aromatic N) is 2. The molecular weight excluding hydrogens is 501 g/mol. The van der Waals surface area contributed by atoms with E-state index in [9.17, 15) is 27.6 Å². The number of rotatable bonds is 6. The molecule has 0 radical (unpaired) electrons. The predicted molar refractivity (Wildman–Crippen MR) is 132 cm³/mol. The highest BCUT2D eigenvalue weighted by Crippen LogP contribution is 2.35. The lowest BCUT2D eigenvalue weighted by Gasteiger charge is -2.33. The Morgan fingerprint density at radius 3 is 2.47 bits per heavy atom. The molecular formula is C27H29F3N4O4. The first-order valence-electron chi connectivity index (χ1n) is 12.3. The van der Waals surface area contributed by atoms with Crippen LogP contribution in [-0.2, 0) is 22.4 Å². The van der Waals surface area contributed by atoms with Gasteiger partial charge in [-0.2, -0.15) is 0 Å². The van der Waals surface area contributed by atoms with Crippen LogP contribution < -0.4 is 10.6 Å². The fraction of sp³-hybridized carbons (Fsp3) is 0.407. The molecule has 38 heavy (non-hydrogen) atoms. The lowest BCUT2D eigenvalue weighted by Crippen LogP contribution is -2.46. The molecule has 0 saturated heterocycles. The van der Waals surface area contributed by atoms with Gasteiger partial charge in [0.15, 0.2) is 17.4 Å². The average Bonchev–Trinajstić information content (AvgIpc) is 3.19. The molecule has 1 aromatic carbocycles. The molecule has 1 aliphatic carbocycles. The van der Waals surface area contributed by atoms with E-state index in [4.69, 9.17) is 4.74 Å². The Hall–Kier alpha value is -3.89. The van der Waals surface area contributed by atoms with Crippen LogP contribution in [0, 0.1) is 17.5 Å². The van der Waals surface area contributed by atoms with Gasteiger partial charge >= 0.3 is 6.09 Å². The minimum absolute atomic E-state index is 0.0784. The van der Waals surface area contributed by atoms with Crippen molar-refractivity contribution in [3.05, 3.63) is 70.4 Å². The maximum atomic E-state index is 14.8. The minimum atomic E-state index is -1.31. The third-order valence-corrected chi connectivity index (χ3v) is 6.36. The maximum absolute atomic E-state index is 14.8. The molecule has 0 spiro atoms. The molecule has 2 atom stereocenters. The van der Waals surface area contributed by atoms with Crippen LogP contribution in [-0.4, -0.2) is 45.4 Å². The zero-order chi connectivity index (χ0) is 27.8. The van der Waals surface area contributed by atoms with E-state index in [-0.39, 0.29) is 30.7 Å². The molecule has 4 rings (SSSR count). The minimum Gasteiger partial charge on any atom is -0.444 e. The van der Waals surface area contributed by atoms with Crippen molar-refractivity contribution in [2.24, 2.45) is 0 Å². The molecule has 0 aliphatic heterocycles. The van der Waals surface area contributed by atoms with Gasteiger partial charge in [-0.25, -0.2) is 22.9 Å². The normalized spacial score (nSPS) is 17.1. The number of benzene rings is 1. The van der Waals surface area contributed by atoms with Gasteiger partial charge in [-0.3, -0.25) is 9.59 Å². The van der Waals surface area contributed by atoms with E-state index in [0.717, 1.165) is 6.07 Å². The number of hydrogen-bond acceptors (Lipinski definition) is 5. The van der Waals surface area contributed by atoms with Crippen molar-refractivity contribution in [1.82, 2.24) is 20.0 Å². The van der Waals surface area contributed by atoms with Crippen LogP contribution >= 0.6 is 0 Å². The summed E-state index contributed by atoms with van der Waals surface area (Å²) in [6.45, 7) is 6.74. The van der Waals surface area contributed by atoms with Crippen LogP contribution in [0.2, 0.25) is 0 Å². The SMILES string of the molecule is CCC(=O)CNC(=O)c1ccn2c3c(nc2c1)C[C@H](c1cc(F)c(F)cc1F)[C@@H](NC(=O)OC(C)(C)C)C3. The van der Waals surface area contributed by atoms with Gasteiger partial charge < -0.3 is 19.8 Å². The Morgan fingerprint density at radius 2 is 1.79 bits per heavy atom. The standard InChI is InChI=1S/C27H29F3N4O4/c1-5-15(35)13-31-25(36)14-6-7-34-23-12-21(33-26(37)38-27(2,3)4)17(10-22(23)32-24(34)8-14)16-9-19(29)20(30)11-18(16)28/h6-9,11,17,21H,5,10,12-13H2,1-4H3,(H,31,36)(H,33,37)/t17-,21+/m1/s1. The van der Waals surface area contributed by atoms with Crippen molar-refractivity contribution >= 4 is 23.4 Å². The van der Waals surface area contributed by atoms with Crippen molar-refractivity contribution in [2.45, 2.75) is 64.5 Å². The van der Waals surface area contributed by atoms with Crippen molar-refractivity contribution in [1.29, 1.82) is 0 Å². The van der Waals surface area contributed by atoms with E-state index in [1.165, 1.54) is 0 Å². The Kier molecular flexibility index (Phi) is 7.48. The molecule has 11 heteroatoms. The summed E-state index contributed by atoms with van der Waals surface area (Å²) in [4.78, 5) is 41.3. The molecule has 2 N–H and O–H groups in total. The number of carbonyl (C=O) groups is 3. The number of fused-ring (bicyclic) bond motifs is 3. The van der Waals surface area contributed by atoms with Gasteiger partial charge in [-0.1, -0.05) is 6.92 Å². The Balaban J connectivity index is 1.69.